The summed E-state index contributed by atoms with van der Waals surface area (Å²) in [6, 6.07) is 0. The van der Waals surface area contributed by atoms with Crippen molar-refractivity contribution in [2.45, 2.75) is 186 Å². The third-order valence-electron chi connectivity index (χ3n) is 10.4. The molecule has 0 radical (unpaired) electrons. The van der Waals surface area contributed by atoms with Gasteiger partial charge in [0.15, 0.2) is 6.10 Å². The number of hydrogen-bond donors (Lipinski definition) is 6. The predicted octanol–water partition coefficient (Wildman–Crippen LogP) is 7.67. The second kappa shape index (κ2) is 35.9. The minimum Gasteiger partial charge on any atom is -0.462 e. The number of phosphoric ester groups is 1. The van der Waals surface area contributed by atoms with E-state index in [1.807, 2.05) is 12.2 Å². The molecule has 14 nitrogen and oxygen atoms in total. The molecule has 1 aliphatic rings. The van der Waals surface area contributed by atoms with Crippen molar-refractivity contribution < 1.29 is 67.9 Å². The zero-order chi connectivity index (χ0) is 45.1. The average molecular weight is 887 g/mol. The maximum absolute atomic E-state index is 12.8. The number of Topliss-reactive ketones (excluding diaryl/α,β-unsaturated/α-hetero) is 1. The van der Waals surface area contributed by atoms with Crippen LogP contribution >= 0.6 is 7.82 Å². The van der Waals surface area contributed by atoms with Gasteiger partial charge < -0.3 is 39.9 Å². The number of rotatable bonds is 38. The highest BCUT2D eigenvalue weighted by Crippen LogP contribution is 2.43. The molecule has 0 bridgehead atoms. The van der Waals surface area contributed by atoms with Crippen molar-refractivity contribution in [3.8, 4) is 0 Å². The van der Waals surface area contributed by atoms with Crippen LogP contribution in [0.4, 0.5) is 0 Å². The van der Waals surface area contributed by atoms with E-state index in [0.717, 1.165) is 38.5 Å². The van der Waals surface area contributed by atoms with E-state index < -0.39 is 88.5 Å². The van der Waals surface area contributed by atoms with Crippen LogP contribution in [0.3, 0.4) is 0 Å². The fourth-order valence-electron chi connectivity index (χ4n) is 6.83. The van der Waals surface area contributed by atoms with Gasteiger partial charge in [-0.05, 0) is 57.8 Å². The van der Waals surface area contributed by atoms with Gasteiger partial charge in [-0.2, -0.15) is 0 Å². The van der Waals surface area contributed by atoms with Crippen LogP contribution in [0.5, 0.6) is 0 Å². The normalized spacial score (nSPS) is 20.8. The van der Waals surface area contributed by atoms with Crippen molar-refractivity contribution in [1.29, 1.82) is 0 Å². The minimum atomic E-state index is -4.73. The second-order valence-corrected chi connectivity index (χ2v) is 17.5. The monoisotopic (exact) mass is 887 g/mol. The molecule has 1 aliphatic carbocycles. The molecule has 0 amide bonds. The Morgan fingerprint density at radius 1 is 0.705 bits per heavy atom. The van der Waals surface area contributed by atoms with Gasteiger partial charge in [0.2, 0.25) is 0 Å². The van der Waals surface area contributed by atoms with Crippen LogP contribution < -0.4 is 0 Å². The summed E-state index contributed by atoms with van der Waals surface area (Å²) >= 11 is 0. The van der Waals surface area contributed by atoms with E-state index in [-0.39, 0.29) is 37.9 Å². The fourth-order valence-corrected chi connectivity index (χ4v) is 7.62. The summed E-state index contributed by atoms with van der Waals surface area (Å²) in [6.07, 6.45) is 27.2. The molecule has 0 aliphatic heterocycles. The summed E-state index contributed by atoms with van der Waals surface area (Å²) in [4.78, 5) is 48.0. The summed E-state index contributed by atoms with van der Waals surface area (Å²) in [5.74, 6) is -2.33. The third kappa shape index (κ3) is 30.2. The lowest BCUT2D eigenvalue weighted by atomic mass is 9.87. The van der Waals surface area contributed by atoms with Crippen LogP contribution in [0.1, 0.15) is 155 Å². The van der Waals surface area contributed by atoms with Crippen molar-refractivity contribution >= 4 is 25.5 Å². The molecule has 1 rings (SSSR count). The molecule has 0 spiro atoms. The Kier molecular flexibility index (Phi) is 33.2. The number of carbonyl (C=O) groups is 3. The van der Waals surface area contributed by atoms with Gasteiger partial charge in [-0.25, -0.2) is 4.57 Å². The standard InChI is InChI=1S/C46H79O14P/c1-3-5-7-8-9-10-11-12-13-14-15-16-17-18-19-20-22-28-46(54)60-40(36-59-61(55,56)58-34-39(50)33-47)35-57-45(53)27-24-23-26-38(49)31-42-41(43(51)32-44(42)52)30-29-37(48)25-21-6-4-2/h12-13,15-16,18-19,29-30,37,39-44,47-48,50-52H,3-11,14,17,20-28,31-36H2,1-2H3,(H,55,56)/b13-12-,16-15-,19-18-,30-29+/t37-,39-,40+,41+,42+,43+,44-/m0/s1. The molecule has 1 unspecified atom stereocenters. The first-order chi connectivity index (χ1) is 29.3. The first-order valence-corrected chi connectivity index (χ1v) is 24.3. The van der Waals surface area contributed by atoms with Gasteiger partial charge in [-0.1, -0.05) is 114 Å². The highest BCUT2D eigenvalue weighted by Gasteiger charge is 2.41. The van der Waals surface area contributed by atoms with Crippen LogP contribution in [0.15, 0.2) is 48.6 Å². The number of ether oxygens (including phenoxy) is 2. The van der Waals surface area contributed by atoms with E-state index >= 15 is 0 Å². The zero-order valence-corrected chi connectivity index (χ0v) is 37.8. The number of ketones is 1. The smallest absolute Gasteiger partial charge is 0.462 e. The van der Waals surface area contributed by atoms with Gasteiger partial charge in [0, 0.05) is 43.9 Å². The van der Waals surface area contributed by atoms with Gasteiger partial charge in [-0.15, -0.1) is 0 Å². The van der Waals surface area contributed by atoms with Crippen molar-refractivity contribution in [1.82, 2.24) is 0 Å². The Bertz CT molecular complexity index is 1330. The fraction of sp³-hybridized carbons (Fsp3) is 0.761. The molecule has 15 heteroatoms. The highest BCUT2D eigenvalue weighted by atomic mass is 31.2. The van der Waals surface area contributed by atoms with E-state index in [0.29, 0.717) is 32.1 Å². The molecule has 1 fully saturated rings. The molecule has 0 aromatic heterocycles. The van der Waals surface area contributed by atoms with Crippen LogP contribution in [-0.2, 0) is 37.5 Å². The lowest BCUT2D eigenvalue weighted by Gasteiger charge is -2.20. The molecular weight excluding hydrogens is 807 g/mol. The Labute approximate surface area is 365 Å². The number of aliphatic hydroxyl groups excluding tert-OH is 5. The molecule has 61 heavy (non-hydrogen) atoms. The maximum Gasteiger partial charge on any atom is 0.472 e. The highest BCUT2D eigenvalue weighted by molar-refractivity contribution is 7.47. The molecule has 6 N–H and O–H groups in total. The molecule has 352 valence electrons. The van der Waals surface area contributed by atoms with Crippen molar-refractivity contribution in [2.75, 3.05) is 26.4 Å². The summed E-state index contributed by atoms with van der Waals surface area (Å²) in [5, 5.41) is 49.7. The molecule has 8 atom stereocenters. The predicted molar refractivity (Wildman–Crippen MR) is 235 cm³/mol. The Balaban J connectivity index is 2.51. The minimum absolute atomic E-state index is 0.0346. The van der Waals surface area contributed by atoms with Crippen LogP contribution in [0, 0.1) is 11.8 Å². The number of phosphoric acid groups is 1. The van der Waals surface area contributed by atoms with Gasteiger partial charge in [0.1, 0.15) is 18.5 Å². The van der Waals surface area contributed by atoms with Crippen LogP contribution in [0.2, 0.25) is 0 Å². The van der Waals surface area contributed by atoms with Gasteiger partial charge in [0.25, 0.3) is 0 Å². The summed E-state index contributed by atoms with van der Waals surface area (Å²) in [6.45, 7) is 1.78. The van der Waals surface area contributed by atoms with E-state index in [2.05, 4.69) is 42.7 Å². The summed E-state index contributed by atoms with van der Waals surface area (Å²) in [7, 11) is -4.73. The SMILES string of the molecule is CCCCCCCC/C=C\C/C=C\C/C=C\CCCC(=O)O[C@H](COC(=O)CCCCC(=O)C[C@@H]1[C@@H](/C=C/[C@@H](O)CCCCC)[C@H](O)C[C@@H]1O)COP(=O)(O)OC[C@@H](O)CO. The summed E-state index contributed by atoms with van der Waals surface area (Å²) < 4.78 is 32.6. The first-order valence-electron chi connectivity index (χ1n) is 22.8. The lowest BCUT2D eigenvalue weighted by Crippen LogP contribution is -2.29. The lowest BCUT2D eigenvalue weighted by molar-refractivity contribution is -0.161. The number of carbonyl (C=O) groups excluding carboxylic acids is 3. The van der Waals surface area contributed by atoms with Crippen molar-refractivity contribution in [2.24, 2.45) is 11.8 Å². The van der Waals surface area contributed by atoms with E-state index in [1.165, 1.54) is 38.5 Å². The average Bonchev–Trinajstić information content (AvgIpc) is 3.49. The Morgan fingerprint density at radius 2 is 1.30 bits per heavy atom. The van der Waals surface area contributed by atoms with Gasteiger partial charge >= 0.3 is 19.8 Å². The maximum atomic E-state index is 12.8. The summed E-state index contributed by atoms with van der Waals surface area (Å²) in [5.41, 5.74) is 0. The first kappa shape index (κ1) is 56.5. The molecule has 0 aromatic rings. The molecule has 1 saturated carbocycles. The number of esters is 2. The van der Waals surface area contributed by atoms with Gasteiger partial charge in [-0.3, -0.25) is 23.4 Å². The molecule has 0 saturated heterocycles. The number of aliphatic hydroxyl groups is 5. The molecule has 0 aromatic carbocycles. The van der Waals surface area contributed by atoms with Crippen molar-refractivity contribution in [3.63, 3.8) is 0 Å². The second-order valence-electron chi connectivity index (χ2n) is 16.0. The van der Waals surface area contributed by atoms with E-state index in [1.54, 1.807) is 12.2 Å². The number of unbranched alkanes of at least 4 members (excludes halogenated alkanes) is 10. The van der Waals surface area contributed by atoms with Crippen molar-refractivity contribution in [3.05, 3.63) is 48.6 Å². The number of hydrogen-bond acceptors (Lipinski definition) is 13. The van der Waals surface area contributed by atoms with Gasteiger partial charge in [0.05, 0.1) is 38.1 Å². The largest absolute Gasteiger partial charge is 0.472 e. The molecule has 0 heterocycles. The van der Waals surface area contributed by atoms with E-state index in [9.17, 15) is 44.3 Å². The topological polar surface area (TPSA) is 227 Å². The quantitative estimate of drug-likeness (QED) is 0.0151. The van der Waals surface area contributed by atoms with Crippen LogP contribution in [-0.4, -0.2) is 105 Å². The van der Waals surface area contributed by atoms with E-state index in [4.69, 9.17) is 19.1 Å². The van der Waals surface area contributed by atoms with Crippen LogP contribution in [0.25, 0.3) is 0 Å². The Morgan fingerprint density at radius 3 is 1.98 bits per heavy atom. The third-order valence-corrected chi connectivity index (χ3v) is 11.4. The Hall–Kier alpha value is -2.52. The zero-order valence-electron chi connectivity index (χ0n) is 36.9. The molecular formula is C46H79O14P. The number of allylic oxidation sites excluding steroid dienone is 6.